The van der Waals surface area contributed by atoms with E-state index in [0.717, 1.165) is 43.3 Å². The highest BCUT2D eigenvalue weighted by atomic mass is 16.5. The molecule has 144 valence electrons. The molecule has 0 radical (unpaired) electrons. The highest BCUT2D eigenvalue weighted by molar-refractivity contribution is 5.85. The van der Waals surface area contributed by atoms with Gasteiger partial charge in [-0.25, -0.2) is 0 Å². The van der Waals surface area contributed by atoms with Gasteiger partial charge in [0.15, 0.2) is 5.96 Å². The van der Waals surface area contributed by atoms with Gasteiger partial charge in [0.05, 0.1) is 12.2 Å². The van der Waals surface area contributed by atoms with E-state index in [-0.39, 0.29) is 6.10 Å². The van der Waals surface area contributed by atoms with Gasteiger partial charge in [0.25, 0.3) is 0 Å². The monoisotopic (exact) mass is 374 g/mol. The highest BCUT2D eigenvalue weighted by Gasteiger charge is 2.22. The number of para-hydroxylation sites is 1. The van der Waals surface area contributed by atoms with Crippen molar-refractivity contribution in [2.24, 2.45) is 4.99 Å². The second kappa shape index (κ2) is 8.74. The Bertz CT molecular complexity index is 928. The third-order valence-corrected chi connectivity index (χ3v) is 5.17. The SMILES string of the molecule is CN=C(NCc1nccc2ccccc12)N1CCC(Oc2ccccc2)CC1. The van der Waals surface area contributed by atoms with E-state index < -0.39 is 0 Å². The van der Waals surface area contributed by atoms with E-state index >= 15 is 0 Å². The highest BCUT2D eigenvalue weighted by Crippen LogP contribution is 2.19. The third-order valence-electron chi connectivity index (χ3n) is 5.17. The van der Waals surface area contributed by atoms with E-state index in [9.17, 15) is 0 Å². The van der Waals surface area contributed by atoms with E-state index in [1.54, 1.807) is 0 Å². The number of rotatable bonds is 4. The molecule has 1 fully saturated rings. The van der Waals surface area contributed by atoms with E-state index in [1.807, 2.05) is 49.6 Å². The predicted molar refractivity (Wildman–Crippen MR) is 114 cm³/mol. The Hall–Kier alpha value is -3.08. The van der Waals surface area contributed by atoms with Crippen molar-refractivity contribution < 1.29 is 4.74 Å². The third kappa shape index (κ3) is 4.25. The molecule has 0 saturated carbocycles. The number of fused-ring (bicyclic) bond motifs is 1. The minimum Gasteiger partial charge on any atom is -0.490 e. The van der Waals surface area contributed by atoms with Crippen LogP contribution in [0.3, 0.4) is 0 Å². The summed E-state index contributed by atoms with van der Waals surface area (Å²) >= 11 is 0. The number of likely N-dealkylation sites (tertiary alicyclic amines) is 1. The summed E-state index contributed by atoms with van der Waals surface area (Å²) in [6.07, 6.45) is 4.11. The zero-order valence-electron chi connectivity index (χ0n) is 16.2. The molecule has 0 bridgehead atoms. The maximum absolute atomic E-state index is 6.10. The largest absolute Gasteiger partial charge is 0.490 e. The Balaban J connectivity index is 1.34. The number of ether oxygens (including phenoxy) is 1. The molecule has 1 aliphatic heterocycles. The fourth-order valence-corrected chi connectivity index (χ4v) is 3.70. The van der Waals surface area contributed by atoms with E-state index in [4.69, 9.17) is 4.74 Å². The maximum Gasteiger partial charge on any atom is 0.193 e. The summed E-state index contributed by atoms with van der Waals surface area (Å²) in [5, 5.41) is 5.88. The average molecular weight is 374 g/mol. The molecule has 2 aromatic carbocycles. The van der Waals surface area contributed by atoms with Gasteiger partial charge in [-0.05, 0) is 23.6 Å². The lowest BCUT2D eigenvalue weighted by Gasteiger charge is -2.34. The van der Waals surface area contributed by atoms with E-state index in [1.165, 1.54) is 10.8 Å². The van der Waals surface area contributed by atoms with Crippen LogP contribution in [0.1, 0.15) is 18.5 Å². The van der Waals surface area contributed by atoms with Crippen LogP contribution < -0.4 is 10.1 Å². The van der Waals surface area contributed by atoms with Crippen LogP contribution in [-0.4, -0.2) is 42.1 Å². The predicted octanol–water partition coefficient (Wildman–Crippen LogP) is 3.85. The van der Waals surface area contributed by atoms with Crippen LogP contribution in [-0.2, 0) is 6.54 Å². The topological polar surface area (TPSA) is 49.8 Å². The van der Waals surface area contributed by atoms with Crippen molar-refractivity contribution in [2.75, 3.05) is 20.1 Å². The van der Waals surface area contributed by atoms with Crippen molar-refractivity contribution in [3.8, 4) is 5.75 Å². The smallest absolute Gasteiger partial charge is 0.193 e. The van der Waals surface area contributed by atoms with Gasteiger partial charge in [-0.2, -0.15) is 0 Å². The van der Waals surface area contributed by atoms with Gasteiger partial charge in [0.1, 0.15) is 11.9 Å². The van der Waals surface area contributed by atoms with Gasteiger partial charge in [-0.15, -0.1) is 0 Å². The lowest BCUT2D eigenvalue weighted by molar-refractivity contribution is 0.129. The molecular formula is C23H26N4O. The Morgan fingerprint density at radius 3 is 2.61 bits per heavy atom. The first-order chi connectivity index (χ1) is 13.8. The van der Waals surface area contributed by atoms with Gasteiger partial charge in [-0.3, -0.25) is 9.98 Å². The number of aromatic nitrogens is 1. The molecule has 5 heteroatoms. The molecule has 0 atom stereocenters. The number of nitrogens with zero attached hydrogens (tertiary/aromatic N) is 3. The molecule has 0 amide bonds. The van der Waals surface area contributed by atoms with Crippen molar-refractivity contribution in [3.05, 3.63) is 72.6 Å². The molecular weight excluding hydrogens is 348 g/mol. The fourth-order valence-electron chi connectivity index (χ4n) is 3.70. The molecule has 1 saturated heterocycles. The molecule has 1 N–H and O–H groups in total. The second-order valence-corrected chi connectivity index (χ2v) is 7.00. The molecule has 28 heavy (non-hydrogen) atoms. The Labute approximate surface area is 166 Å². The standard InChI is InChI=1S/C23H26N4O/c1-24-23(26-17-22-21-10-6-5-7-18(21)11-14-25-22)27-15-12-20(13-16-27)28-19-8-3-2-4-9-19/h2-11,14,20H,12-13,15-17H2,1H3,(H,24,26). The van der Waals surface area contributed by atoms with Gasteiger partial charge >= 0.3 is 0 Å². The fraction of sp³-hybridized carbons (Fsp3) is 0.304. The zero-order chi connectivity index (χ0) is 19.2. The van der Waals surface area contributed by atoms with E-state index in [2.05, 4.69) is 44.5 Å². The molecule has 4 rings (SSSR count). The van der Waals surface area contributed by atoms with Crippen molar-refractivity contribution in [2.45, 2.75) is 25.5 Å². The number of hydrogen-bond donors (Lipinski definition) is 1. The number of aliphatic imine (C=N–C) groups is 1. The first-order valence-electron chi connectivity index (χ1n) is 9.83. The Kier molecular flexibility index (Phi) is 5.71. The number of pyridine rings is 1. The molecule has 0 unspecified atom stereocenters. The number of piperidine rings is 1. The number of guanidine groups is 1. The maximum atomic E-state index is 6.10. The average Bonchev–Trinajstić information content (AvgIpc) is 2.76. The van der Waals surface area contributed by atoms with Crippen molar-refractivity contribution in [3.63, 3.8) is 0 Å². The summed E-state index contributed by atoms with van der Waals surface area (Å²) in [5.41, 5.74) is 1.04. The van der Waals surface area contributed by atoms with Crippen molar-refractivity contribution in [1.29, 1.82) is 0 Å². The Morgan fingerprint density at radius 1 is 1.07 bits per heavy atom. The molecule has 5 nitrogen and oxygen atoms in total. The van der Waals surface area contributed by atoms with Crippen LogP contribution in [0.4, 0.5) is 0 Å². The van der Waals surface area contributed by atoms with Crippen molar-refractivity contribution in [1.82, 2.24) is 15.2 Å². The van der Waals surface area contributed by atoms with Crippen LogP contribution in [0.15, 0.2) is 71.9 Å². The zero-order valence-corrected chi connectivity index (χ0v) is 16.2. The molecule has 1 aliphatic rings. The minimum atomic E-state index is 0.261. The van der Waals surface area contributed by atoms with Crippen LogP contribution in [0.25, 0.3) is 10.8 Å². The number of hydrogen-bond acceptors (Lipinski definition) is 3. The lowest BCUT2D eigenvalue weighted by Crippen LogP contribution is -2.47. The molecule has 2 heterocycles. The summed E-state index contributed by atoms with van der Waals surface area (Å²) in [4.78, 5) is 11.3. The van der Waals surface area contributed by atoms with Crippen molar-refractivity contribution >= 4 is 16.7 Å². The molecule has 3 aromatic rings. The second-order valence-electron chi connectivity index (χ2n) is 7.00. The van der Waals surface area contributed by atoms with Crippen LogP contribution in [0.5, 0.6) is 5.75 Å². The normalized spacial score (nSPS) is 15.6. The summed E-state index contributed by atoms with van der Waals surface area (Å²) in [7, 11) is 1.84. The summed E-state index contributed by atoms with van der Waals surface area (Å²) in [6.45, 7) is 2.52. The van der Waals surface area contributed by atoms with Gasteiger partial charge in [0, 0.05) is 44.6 Å². The molecule has 0 spiro atoms. The van der Waals surface area contributed by atoms with Crippen LogP contribution in [0, 0.1) is 0 Å². The van der Waals surface area contributed by atoms with Crippen LogP contribution >= 0.6 is 0 Å². The van der Waals surface area contributed by atoms with Gasteiger partial charge in [0.2, 0.25) is 0 Å². The van der Waals surface area contributed by atoms with E-state index in [0.29, 0.717) is 6.54 Å². The number of nitrogens with one attached hydrogen (secondary N) is 1. The summed E-state index contributed by atoms with van der Waals surface area (Å²) in [6, 6.07) is 20.5. The summed E-state index contributed by atoms with van der Waals surface area (Å²) in [5.74, 6) is 1.87. The number of benzene rings is 2. The lowest BCUT2D eigenvalue weighted by atomic mass is 10.1. The first-order valence-corrected chi connectivity index (χ1v) is 9.83. The quantitative estimate of drug-likeness (QED) is 0.557. The summed E-state index contributed by atoms with van der Waals surface area (Å²) < 4.78 is 6.10. The molecule has 1 aromatic heterocycles. The Morgan fingerprint density at radius 2 is 1.82 bits per heavy atom. The molecule has 0 aliphatic carbocycles. The first kappa shape index (κ1) is 18.3. The van der Waals surface area contributed by atoms with Gasteiger partial charge < -0.3 is 15.0 Å². The van der Waals surface area contributed by atoms with Crippen LogP contribution in [0.2, 0.25) is 0 Å². The minimum absolute atomic E-state index is 0.261. The van der Waals surface area contributed by atoms with Gasteiger partial charge in [-0.1, -0.05) is 42.5 Å².